The quantitative estimate of drug-likeness (QED) is 0.461. The summed E-state index contributed by atoms with van der Waals surface area (Å²) in [4.78, 5) is 19.2. The van der Waals surface area contributed by atoms with Crippen molar-refractivity contribution in [3.8, 4) is 11.1 Å². The molecule has 1 amide bonds. The average Bonchev–Trinajstić information content (AvgIpc) is 3.11. The van der Waals surface area contributed by atoms with Crippen molar-refractivity contribution in [2.75, 3.05) is 0 Å². The number of carbonyl (C=O) groups is 1. The highest BCUT2D eigenvalue weighted by Gasteiger charge is 2.31. The molecule has 2 N–H and O–H groups in total. The minimum Gasteiger partial charge on any atom is -0.465 e. The van der Waals surface area contributed by atoms with Crippen LogP contribution in [-0.2, 0) is 16.3 Å². The summed E-state index contributed by atoms with van der Waals surface area (Å²) in [6.45, 7) is 5.62. The molecule has 3 aromatic rings. The minimum atomic E-state index is -4.07. The second kappa shape index (κ2) is 9.13. The fourth-order valence-corrected chi connectivity index (χ4v) is 6.49. The first kappa shape index (κ1) is 24.1. The standard InChI is InChI=1S/C21H21ClFN3O4S2/c1-21(2,3)16(26-20(27)28)10-12-9-15(14-5-4-7-25-18(14)23)19(31-12)32(29,30)13-6-8-24-17(22)11-13/h4-9,11,16,26H,10H2,1-3H3,(H,27,28). The number of hydrogen-bond acceptors (Lipinski definition) is 6. The van der Waals surface area contributed by atoms with Gasteiger partial charge in [-0.05, 0) is 35.7 Å². The maximum absolute atomic E-state index is 14.5. The third-order valence-electron chi connectivity index (χ3n) is 4.80. The number of sulfone groups is 1. The average molecular weight is 498 g/mol. The molecule has 1 atom stereocenters. The number of aromatic nitrogens is 2. The normalized spacial score (nSPS) is 13.0. The summed E-state index contributed by atoms with van der Waals surface area (Å²) >= 11 is 6.85. The van der Waals surface area contributed by atoms with Gasteiger partial charge in [0.2, 0.25) is 15.8 Å². The molecule has 0 aliphatic carbocycles. The molecule has 3 rings (SSSR count). The van der Waals surface area contributed by atoms with Crippen LogP contribution in [0.2, 0.25) is 5.15 Å². The van der Waals surface area contributed by atoms with Crippen LogP contribution in [0.25, 0.3) is 11.1 Å². The Kier molecular flexibility index (Phi) is 6.87. The number of amides is 1. The highest BCUT2D eigenvalue weighted by atomic mass is 35.5. The second-order valence-electron chi connectivity index (χ2n) is 8.15. The maximum atomic E-state index is 14.5. The SMILES string of the molecule is CC(C)(C)C(Cc1cc(-c2cccnc2F)c(S(=O)(=O)c2ccnc(Cl)c2)s1)NC(=O)O. The molecule has 1 unspecified atom stereocenters. The van der Waals surface area contributed by atoms with Crippen molar-refractivity contribution < 1.29 is 22.7 Å². The fraction of sp³-hybridized carbons (Fsp3) is 0.286. The molecule has 0 aliphatic heterocycles. The second-order valence-corrected chi connectivity index (χ2v) is 11.8. The number of thiophene rings is 1. The number of pyridine rings is 2. The molecular weight excluding hydrogens is 477 g/mol. The first-order chi connectivity index (χ1) is 14.9. The first-order valence-electron chi connectivity index (χ1n) is 9.49. The van der Waals surface area contributed by atoms with Crippen molar-refractivity contribution in [1.82, 2.24) is 15.3 Å². The van der Waals surface area contributed by atoms with E-state index in [9.17, 15) is 22.7 Å². The summed E-state index contributed by atoms with van der Waals surface area (Å²) in [7, 11) is -4.07. The van der Waals surface area contributed by atoms with Crippen molar-refractivity contribution in [1.29, 1.82) is 0 Å². The van der Waals surface area contributed by atoms with Gasteiger partial charge in [0.15, 0.2) is 0 Å². The molecule has 11 heteroatoms. The van der Waals surface area contributed by atoms with Gasteiger partial charge in [-0.1, -0.05) is 32.4 Å². The fourth-order valence-electron chi connectivity index (χ4n) is 3.08. The van der Waals surface area contributed by atoms with Gasteiger partial charge in [-0.25, -0.2) is 23.2 Å². The van der Waals surface area contributed by atoms with Crippen molar-refractivity contribution >= 4 is 38.9 Å². The van der Waals surface area contributed by atoms with Crippen molar-refractivity contribution in [2.24, 2.45) is 5.41 Å². The lowest BCUT2D eigenvalue weighted by molar-refractivity contribution is 0.174. The zero-order chi connectivity index (χ0) is 23.7. The molecule has 0 aromatic carbocycles. The van der Waals surface area contributed by atoms with Crippen LogP contribution in [0.5, 0.6) is 0 Å². The number of halogens is 2. The maximum Gasteiger partial charge on any atom is 0.404 e. The summed E-state index contributed by atoms with van der Waals surface area (Å²) in [6, 6.07) is 6.57. The van der Waals surface area contributed by atoms with Gasteiger partial charge in [-0.3, -0.25) is 0 Å². The molecule has 0 saturated heterocycles. The van der Waals surface area contributed by atoms with Crippen LogP contribution >= 0.6 is 22.9 Å². The van der Waals surface area contributed by atoms with Crippen molar-refractivity contribution in [2.45, 2.75) is 42.3 Å². The van der Waals surface area contributed by atoms with E-state index in [2.05, 4.69) is 15.3 Å². The Balaban J connectivity index is 2.17. The smallest absolute Gasteiger partial charge is 0.404 e. The van der Waals surface area contributed by atoms with Crippen molar-refractivity contribution in [3.05, 3.63) is 58.7 Å². The number of carboxylic acid groups (broad SMARTS) is 1. The Bertz CT molecular complexity index is 1260. The van der Waals surface area contributed by atoms with Crippen molar-refractivity contribution in [3.63, 3.8) is 0 Å². The van der Waals surface area contributed by atoms with Gasteiger partial charge in [0.1, 0.15) is 9.36 Å². The molecule has 0 radical (unpaired) electrons. The molecule has 0 aliphatic rings. The van der Waals surface area contributed by atoms with Crippen LogP contribution in [0, 0.1) is 11.4 Å². The highest BCUT2D eigenvalue weighted by molar-refractivity contribution is 7.93. The van der Waals surface area contributed by atoms with Crippen LogP contribution in [0.15, 0.2) is 51.8 Å². The van der Waals surface area contributed by atoms with Gasteiger partial charge >= 0.3 is 6.09 Å². The van der Waals surface area contributed by atoms with E-state index in [0.717, 1.165) is 11.3 Å². The first-order valence-corrected chi connectivity index (χ1v) is 12.2. The van der Waals surface area contributed by atoms with E-state index >= 15 is 0 Å². The summed E-state index contributed by atoms with van der Waals surface area (Å²) in [5, 5.41) is 11.7. The Labute approximate surface area is 194 Å². The van der Waals surface area contributed by atoms with E-state index in [1.807, 2.05) is 20.8 Å². The zero-order valence-corrected chi connectivity index (χ0v) is 19.9. The molecular formula is C21H21ClFN3O4S2. The van der Waals surface area contributed by atoms with Gasteiger partial charge in [0.25, 0.3) is 0 Å². The van der Waals surface area contributed by atoms with E-state index in [1.54, 1.807) is 6.07 Å². The molecule has 170 valence electrons. The predicted molar refractivity (Wildman–Crippen MR) is 120 cm³/mol. The van der Waals surface area contributed by atoms with E-state index in [-0.39, 0.29) is 31.8 Å². The number of hydrogen-bond donors (Lipinski definition) is 2. The summed E-state index contributed by atoms with van der Waals surface area (Å²) in [5.41, 5.74) is -0.251. The van der Waals surface area contributed by atoms with Crippen LogP contribution in [0.4, 0.5) is 9.18 Å². The molecule has 0 saturated carbocycles. The summed E-state index contributed by atoms with van der Waals surface area (Å²) < 4.78 is 41.3. The molecule has 3 aromatic heterocycles. The summed E-state index contributed by atoms with van der Waals surface area (Å²) in [6.07, 6.45) is 1.59. The van der Waals surface area contributed by atoms with Crippen LogP contribution in [0.1, 0.15) is 25.6 Å². The van der Waals surface area contributed by atoms with Crippen LogP contribution in [-0.4, -0.2) is 35.6 Å². The van der Waals surface area contributed by atoms with Crippen LogP contribution in [0.3, 0.4) is 0 Å². The van der Waals surface area contributed by atoms with Gasteiger partial charge < -0.3 is 10.4 Å². The summed E-state index contributed by atoms with van der Waals surface area (Å²) in [5.74, 6) is -0.808. The lowest BCUT2D eigenvalue weighted by Crippen LogP contribution is -2.44. The van der Waals surface area contributed by atoms with Gasteiger partial charge in [0, 0.05) is 40.9 Å². The molecule has 3 heterocycles. The number of rotatable bonds is 6. The monoisotopic (exact) mass is 497 g/mol. The topological polar surface area (TPSA) is 109 Å². The molecule has 32 heavy (non-hydrogen) atoms. The molecule has 0 bridgehead atoms. The Morgan fingerprint density at radius 1 is 1.22 bits per heavy atom. The lowest BCUT2D eigenvalue weighted by Gasteiger charge is -2.30. The lowest BCUT2D eigenvalue weighted by atomic mass is 9.84. The Hall–Kier alpha value is -2.56. The molecule has 7 nitrogen and oxygen atoms in total. The van der Waals surface area contributed by atoms with Gasteiger partial charge in [0.05, 0.1) is 4.90 Å². The van der Waals surface area contributed by atoms with Gasteiger partial charge in [-0.2, -0.15) is 4.39 Å². The van der Waals surface area contributed by atoms with Crippen LogP contribution < -0.4 is 5.32 Å². The third kappa shape index (κ3) is 5.25. The number of nitrogens with zero attached hydrogens (tertiary/aromatic N) is 2. The highest BCUT2D eigenvalue weighted by Crippen LogP contribution is 2.40. The minimum absolute atomic E-state index is 0.00965. The molecule has 0 spiro atoms. The number of nitrogens with one attached hydrogen (secondary N) is 1. The third-order valence-corrected chi connectivity index (χ3v) is 8.45. The molecule has 0 fully saturated rings. The largest absolute Gasteiger partial charge is 0.465 e. The predicted octanol–water partition coefficient (Wildman–Crippen LogP) is 5.06. The zero-order valence-electron chi connectivity index (χ0n) is 17.5. The Morgan fingerprint density at radius 3 is 2.53 bits per heavy atom. The van der Waals surface area contributed by atoms with E-state index < -0.39 is 33.3 Å². The van der Waals surface area contributed by atoms with E-state index in [0.29, 0.717) is 4.88 Å². The van der Waals surface area contributed by atoms with E-state index in [4.69, 9.17) is 11.6 Å². The van der Waals surface area contributed by atoms with Gasteiger partial charge in [-0.15, -0.1) is 11.3 Å². The van der Waals surface area contributed by atoms with E-state index in [1.165, 1.54) is 36.7 Å². The Morgan fingerprint density at radius 2 is 1.94 bits per heavy atom.